The van der Waals surface area contributed by atoms with Crippen molar-refractivity contribution in [3.63, 3.8) is 0 Å². The molecule has 0 fully saturated rings. The second kappa shape index (κ2) is 5.14. The predicted octanol–water partition coefficient (Wildman–Crippen LogP) is 3.77. The van der Waals surface area contributed by atoms with Gasteiger partial charge in [0.1, 0.15) is 17.6 Å². The second-order valence-corrected chi connectivity index (χ2v) is 4.72. The molecule has 0 amide bonds. The molecule has 0 radical (unpaired) electrons. The molecule has 3 rings (SSSR count). The highest BCUT2D eigenvalue weighted by Crippen LogP contribution is 2.34. The molecule has 0 saturated carbocycles. The van der Waals surface area contributed by atoms with E-state index < -0.39 is 0 Å². The number of nitrogens with two attached hydrogens (primary N) is 1. The number of anilines is 1. The first-order valence-electron chi connectivity index (χ1n) is 6.51. The molecule has 4 heteroatoms. The Morgan fingerprint density at radius 3 is 2.62 bits per heavy atom. The summed E-state index contributed by atoms with van der Waals surface area (Å²) in [6.07, 6.45) is 1.59. The molecule has 0 unspecified atom stereocenters. The van der Waals surface area contributed by atoms with Gasteiger partial charge in [0.05, 0.1) is 11.8 Å². The highest BCUT2D eigenvalue weighted by atomic mass is 16.3. The first-order valence-corrected chi connectivity index (χ1v) is 6.51. The Morgan fingerprint density at radius 1 is 1.14 bits per heavy atom. The molecule has 1 aromatic carbocycles. The Labute approximate surface area is 122 Å². The molecule has 3 aromatic rings. The molecule has 0 aliphatic heterocycles. The third kappa shape index (κ3) is 2.26. The van der Waals surface area contributed by atoms with Crippen LogP contribution in [0.4, 0.5) is 5.82 Å². The summed E-state index contributed by atoms with van der Waals surface area (Å²) in [7, 11) is 0. The lowest BCUT2D eigenvalue weighted by Gasteiger charge is -2.11. The van der Waals surface area contributed by atoms with Crippen molar-refractivity contribution in [2.75, 3.05) is 5.73 Å². The molecule has 4 nitrogen and oxygen atoms in total. The highest BCUT2D eigenvalue weighted by Gasteiger charge is 2.16. The van der Waals surface area contributed by atoms with E-state index in [1.54, 1.807) is 18.4 Å². The maximum Gasteiger partial charge on any atom is 0.152 e. The summed E-state index contributed by atoms with van der Waals surface area (Å²) in [6, 6.07) is 15.4. The van der Waals surface area contributed by atoms with E-state index in [4.69, 9.17) is 10.2 Å². The first-order chi connectivity index (χ1) is 10.2. The Kier molecular flexibility index (Phi) is 3.17. The number of aromatic nitrogens is 1. The van der Waals surface area contributed by atoms with E-state index in [9.17, 15) is 5.26 Å². The molecule has 2 N–H and O–H groups in total. The van der Waals surface area contributed by atoms with Crippen LogP contribution in [0.15, 0.2) is 53.1 Å². The molecule has 0 aliphatic rings. The summed E-state index contributed by atoms with van der Waals surface area (Å²) >= 11 is 0. The van der Waals surface area contributed by atoms with Gasteiger partial charge in [0.2, 0.25) is 0 Å². The minimum Gasteiger partial charge on any atom is -0.463 e. The average molecular weight is 275 g/mol. The van der Waals surface area contributed by atoms with Gasteiger partial charge in [-0.1, -0.05) is 24.3 Å². The van der Waals surface area contributed by atoms with Crippen molar-refractivity contribution in [2.24, 2.45) is 0 Å². The van der Waals surface area contributed by atoms with Crippen molar-refractivity contribution >= 4 is 5.82 Å². The molecule has 0 bridgehead atoms. The zero-order valence-corrected chi connectivity index (χ0v) is 11.5. The second-order valence-electron chi connectivity index (χ2n) is 4.72. The molecule has 0 saturated heterocycles. The topological polar surface area (TPSA) is 75.8 Å². The van der Waals surface area contributed by atoms with Crippen LogP contribution in [0.5, 0.6) is 0 Å². The standard InChI is InChI=1S/C17H13N3O/c1-11-5-2-3-6-13(11)14-9-12(10-18)17(19)20-16(14)15-7-4-8-21-15/h2-9H,1H3,(H2,19,20). The van der Waals surface area contributed by atoms with Crippen LogP contribution in [0.2, 0.25) is 0 Å². The van der Waals surface area contributed by atoms with E-state index in [-0.39, 0.29) is 5.82 Å². The molecule has 0 spiro atoms. The van der Waals surface area contributed by atoms with Gasteiger partial charge in [0.25, 0.3) is 0 Å². The fourth-order valence-corrected chi connectivity index (χ4v) is 2.30. The van der Waals surface area contributed by atoms with Crippen molar-refractivity contribution in [1.82, 2.24) is 4.98 Å². The van der Waals surface area contributed by atoms with Crippen LogP contribution in [-0.4, -0.2) is 4.98 Å². The molecule has 2 aromatic heterocycles. The van der Waals surface area contributed by atoms with Gasteiger partial charge in [-0.25, -0.2) is 4.98 Å². The Hall–Kier alpha value is -3.06. The first kappa shape index (κ1) is 12.9. The van der Waals surface area contributed by atoms with E-state index in [0.717, 1.165) is 16.7 Å². The number of nitrogen functional groups attached to an aromatic ring is 1. The lowest BCUT2D eigenvalue weighted by molar-refractivity contribution is 0.580. The Bertz CT molecular complexity index is 830. The summed E-state index contributed by atoms with van der Waals surface area (Å²) < 4.78 is 5.45. The van der Waals surface area contributed by atoms with Gasteiger partial charge in [0, 0.05) is 5.56 Å². The summed E-state index contributed by atoms with van der Waals surface area (Å²) in [6.45, 7) is 2.02. The van der Waals surface area contributed by atoms with Crippen LogP contribution < -0.4 is 5.73 Å². The predicted molar refractivity (Wildman–Crippen MR) is 81.2 cm³/mol. The van der Waals surface area contributed by atoms with E-state index in [1.165, 1.54) is 0 Å². The van der Waals surface area contributed by atoms with Crippen LogP contribution >= 0.6 is 0 Å². The van der Waals surface area contributed by atoms with Gasteiger partial charge < -0.3 is 10.2 Å². The quantitative estimate of drug-likeness (QED) is 0.772. The Balaban J connectivity index is 2.33. The van der Waals surface area contributed by atoms with Gasteiger partial charge in [0.15, 0.2) is 5.76 Å². The maximum absolute atomic E-state index is 9.19. The molecular weight excluding hydrogens is 262 g/mol. The number of pyridine rings is 1. The van der Waals surface area contributed by atoms with E-state index in [0.29, 0.717) is 17.0 Å². The number of benzene rings is 1. The molecule has 0 aliphatic carbocycles. The van der Waals surface area contributed by atoms with Crippen molar-refractivity contribution in [1.29, 1.82) is 5.26 Å². The van der Waals surface area contributed by atoms with Gasteiger partial charge in [-0.2, -0.15) is 5.26 Å². The lowest BCUT2D eigenvalue weighted by atomic mass is 9.97. The molecule has 21 heavy (non-hydrogen) atoms. The third-order valence-electron chi connectivity index (χ3n) is 3.36. The van der Waals surface area contributed by atoms with Crippen LogP contribution in [0.1, 0.15) is 11.1 Å². The summed E-state index contributed by atoms with van der Waals surface area (Å²) in [5.74, 6) is 0.839. The van der Waals surface area contributed by atoms with Crippen LogP contribution in [0.3, 0.4) is 0 Å². The zero-order valence-electron chi connectivity index (χ0n) is 11.5. The largest absolute Gasteiger partial charge is 0.463 e. The van der Waals surface area contributed by atoms with Gasteiger partial charge >= 0.3 is 0 Å². The monoisotopic (exact) mass is 275 g/mol. The minimum absolute atomic E-state index is 0.209. The maximum atomic E-state index is 9.19. The van der Waals surface area contributed by atoms with Gasteiger partial charge in [-0.15, -0.1) is 0 Å². The molecule has 0 atom stereocenters. The Morgan fingerprint density at radius 2 is 1.95 bits per heavy atom. The number of nitrogens with zero attached hydrogens (tertiary/aromatic N) is 2. The molecule has 102 valence electrons. The number of rotatable bonds is 2. The number of furan rings is 1. The van der Waals surface area contributed by atoms with E-state index in [2.05, 4.69) is 11.1 Å². The van der Waals surface area contributed by atoms with E-state index >= 15 is 0 Å². The molecule has 2 heterocycles. The fraction of sp³-hybridized carbons (Fsp3) is 0.0588. The highest BCUT2D eigenvalue weighted by molar-refractivity contribution is 5.83. The normalized spacial score (nSPS) is 10.3. The number of hydrogen-bond donors (Lipinski definition) is 1. The van der Waals surface area contributed by atoms with Crippen LogP contribution in [-0.2, 0) is 0 Å². The lowest BCUT2D eigenvalue weighted by Crippen LogP contribution is -1.99. The zero-order chi connectivity index (χ0) is 14.8. The van der Waals surface area contributed by atoms with Crippen molar-refractivity contribution in [3.8, 4) is 28.7 Å². The fourth-order valence-electron chi connectivity index (χ4n) is 2.30. The number of aryl methyl sites for hydroxylation is 1. The summed E-state index contributed by atoms with van der Waals surface area (Å²) in [5.41, 5.74) is 9.80. The van der Waals surface area contributed by atoms with Crippen molar-refractivity contribution < 1.29 is 4.42 Å². The number of hydrogen-bond acceptors (Lipinski definition) is 4. The van der Waals surface area contributed by atoms with Crippen LogP contribution in [0, 0.1) is 18.3 Å². The number of nitriles is 1. The minimum atomic E-state index is 0.209. The van der Waals surface area contributed by atoms with Gasteiger partial charge in [-0.3, -0.25) is 0 Å². The SMILES string of the molecule is Cc1ccccc1-c1cc(C#N)c(N)nc1-c1ccco1. The van der Waals surface area contributed by atoms with Crippen molar-refractivity contribution in [2.45, 2.75) is 6.92 Å². The summed E-state index contributed by atoms with van der Waals surface area (Å²) in [5, 5.41) is 9.19. The van der Waals surface area contributed by atoms with E-state index in [1.807, 2.05) is 37.3 Å². The molecular formula is C17H13N3O. The summed E-state index contributed by atoms with van der Waals surface area (Å²) in [4.78, 5) is 4.37. The third-order valence-corrected chi connectivity index (χ3v) is 3.36. The average Bonchev–Trinajstić information content (AvgIpc) is 3.02. The smallest absolute Gasteiger partial charge is 0.152 e. The van der Waals surface area contributed by atoms with Gasteiger partial charge in [-0.05, 0) is 36.2 Å². The van der Waals surface area contributed by atoms with Crippen LogP contribution in [0.25, 0.3) is 22.6 Å². The van der Waals surface area contributed by atoms with Crippen molar-refractivity contribution in [3.05, 3.63) is 59.9 Å².